The molecule has 1 fully saturated rings. The number of sulfone groups is 1. The lowest BCUT2D eigenvalue weighted by molar-refractivity contribution is 0.171. The lowest BCUT2D eigenvalue weighted by Gasteiger charge is -2.16. The Morgan fingerprint density at radius 1 is 1.42 bits per heavy atom. The van der Waals surface area contributed by atoms with Gasteiger partial charge in [-0.05, 0) is 29.9 Å². The second kappa shape index (κ2) is 6.26. The van der Waals surface area contributed by atoms with Crippen LogP contribution in [0.2, 0.25) is 0 Å². The Morgan fingerprint density at radius 3 is 2.63 bits per heavy atom. The van der Waals surface area contributed by atoms with Crippen molar-refractivity contribution in [3.63, 3.8) is 0 Å². The molecular weight excluding hydrogens is 282 g/mol. The Bertz CT molecular complexity index is 507. The van der Waals surface area contributed by atoms with Crippen LogP contribution in [-0.2, 0) is 9.84 Å². The number of benzene rings is 1. The molecule has 1 saturated heterocycles. The summed E-state index contributed by atoms with van der Waals surface area (Å²) >= 11 is 1.92. The zero-order chi connectivity index (χ0) is 13.9. The van der Waals surface area contributed by atoms with Crippen molar-refractivity contribution in [2.45, 2.75) is 23.5 Å². The molecule has 6 heteroatoms. The summed E-state index contributed by atoms with van der Waals surface area (Å²) in [4.78, 5) is 0.281. The molecule has 2 rings (SSSR count). The van der Waals surface area contributed by atoms with E-state index < -0.39 is 15.9 Å². The molecule has 2 unspecified atom stereocenters. The summed E-state index contributed by atoms with van der Waals surface area (Å²) < 4.78 is 22.7. The fourth-order valence-electron chi connectivity index (χ4n) is 2.03. The van der Waals surface area contributed by atoms with Gasteiger partial charge >= 0.3 is 0 Å². The fourth-order valence-corrected chi connectivity index (χ4v) is 3.85. The maximum Gasteiger partial charge on any atom is 0.175 e. The van der Waals surface area contributed by atoms with Crippen molar-refractivity contribution in [3.05, 3.63) is 29.8 Å². The largest absolute Gasteiger partial charge is 0.387 e. The van der Waals surface area contributed by atoms with Crippen molar-refractivity contribution >= 4 is 21.6 Å². The summed E-state index contributed by atoms with van der Waals surface area (Å²) in [6.45, 7) is 0.503. The lowest BCUT2D eigenvalue weighted by Crippen LogP contribution is -2.32. The monoisotopic (exact) mass is 301 g/mol. The summed E-state index contributed by atoms with van der Waals surface area (Å²) in [5, 5.41) is 13.4. The van der Waals surface area contributed by atoms with Gasteiger partial charge in [-0.15, -0.1) is 0 Å². The zero-order valence-electron chi connectivity index (χ0n) is 10.9. The highest BCUT2D eigenvalue weighted by molar-refractivity contribution is 7.99. The topological polar surface area (TPSA) is 66.4 Å². The first-order chi connectivity index (χ1) is 8.97. The van der Waals surface area contributed by atoms with Crippen LogP contribution in [0.15, 0.2) is 29.2 Å². The molecule has 1 aromatic rings. The number of rotatable bonds is 5. The van der Waals surface area contributed by atoms with Crippen LogP contribution in [0.25, 0.3) is 0 Å². The van der Waals surface area contributed by atoms with Gasteiger partial charge in [-0.2, -0.15) is 11.8 Å². The molecule has 19 heavy (non-hydrogen) atoms. The highest BCUT2D eigenvalue weighted by Crippen LogP contribution is 2.19. The molecular formula is C13H19NO3S2. The van der Waals surface area contributed by atoms with Crippen molar-refractivity contribution in [2.75, 3.05) is 24.3 Å². The lowest BCUT2D eigenvalue weighted by atomic mass is 10.1. The molecule has 2 N–H and O–H groups in total. The second-order valence-electron chi connectivity index (χ2n) is 4.83. The summed E-state index contributed by atoms with van der Waals surface area (Å²) in [6.07, 6.45) is 1.72. The van der Waals surface area contributed by atoms with E-state index in [0.29, 0.717) is 12.6 Å². The molecule has 0 aliphatic carbocycles. The van der Waals surface area contributed by atoms with Crippen molar-refractivity contribution in [3.8, 4) is 0 Å². The molecule has 0 amide bonds. The van der Waals surface area contributed by atoms with Gasteiger partial charge in [-0.1, -0.05) is 12.1 Å². The Balaban J connectivity index is 1.93. The minimum Gasteiger partial charge on any atom is -0.387 e. The average molecular weight is 301 g/mol. The molecule has 0 bridgehead atoms. The third-order valence-electron chi connectivity index (χ3n) is 3.22. The van der Waals surface area contributed by atoms with E-state index in [0.717, 1.165) is 17.7 Å². The summed E-state index contributed by atoms with van der Waals surface area (Å²) in [5.41, 5.74) is 0.741. The number of nitrogens with one attached hydrogen (secondary N) is 1. The van der Waals surface area contributed by atoms with E-state index >= 15 is 0 Å². The van der Waals surface area contributed by atoms with Gasteiger partial charge in [0.25, 0.3) is 0 Å². The van der Waals surface area contributed by atoms with E-state index in [-0.39, 0.29) is 4.90 Å². The average Bonchev–Trinajstić information content (AvgIpc) is 2.88. The maximum absolute atomic E-state index is 11.3. The van der Waals surface area contributed by atoms with Gasteiger partial charge in [0.15, 0.2) is 9.84 Å². The van der Waals surface area contributed by atoms with Crippen LogP contribution < -0.4 is 5.32 Å². The Kier molecular flexibility index (Phi) is 4.89. The summed E-state index contributed by atoms with van der Waals surface area (Å²) in [5.74, 6) is 2.27. The number of hydrogen-bond acceptors (Lipinski definition) is 5. The minimum atomic E-state index is -3.17. The second-order valence-corrected chi connectivity index (χ2v) is 7.99. The van der Waals surface area contributed by atoms with Gasteiger partial charge in [-0.25, -0.2) is 8.42 Å². The van der Waals surface area contributed by atoms with Crippen molar-refractivity contribution in [1.82, 2.24) is 5.32 Å². The maximum atomic E-state index is 11.3. The normalized spacial score (nSPS) is 21.5. The van der Waals surface area contributed by atoms with Crippen LogP contribution in [0.3, 0.4) is 0 Å². The van der Waals surface area contributed by atoms with Gasteiger partial charge in [0.2, 0.25) is 0 Å². The molecule has 1 aliphatic rings. The molecule has 2 atom stereocenters. The standard InChI is InChI=1S/C13H19NO3S2/c1-19(16,17)12-4-2-10(3-5-12)13(15)8-14-11-6-7-18-9-11/h2-5,11,13-15H,6-9H2,1H3. The van der Waals surface area contributed by atoms with Crippen LogP contribution in [0.4, 0.5) is 0 Å². The van der Waals surface area contributed by atoms with Crippen LogP contribution in [-0.4, -0.2) is 43.9 Å². The number of hydrogen-bond donors (Lipinski definition) is 2. The van der Waals surface area contributed by atoms with E-state index in [1.54, 1.807) is 24.3 Å². The predicted octanol–water partition coefficient (Wildman–Crippen LogP) is 1.22. The predicted molar refractivity (Wildman–Crippen MR) is 78.2 cm³/mol. The molecule has 0 radical (unpaired) electrons. The first kappa shape index (κ1) is 14.8. The molecule has 0 spiro atoms. The van der Waals surface area contributed by atoms with Gasteiger partial charge < -0.3 is 10.4 Å². The summed E-state index contributed by atoms with van der Waals surface area (Å²) in [6, 6.07) is 6.91. The van der Waals surface area contributed by atoms with Gasteiger partial charge in [-0.3, -0.25) is 0 Å². The van der Waals surface area contributed by atoms with Crippen molar-refractivity contribution in [1.29, 1.82) is 0 Å². The third kappa shape index (κ3) is 4.21. The van der Waals surface area contributed by atoms with Crippen LogP contribution in [0.5, 0.6) is 0 Å². The summed E-state index contributed by atoms with van der Waals surface area (Å²) in [7, 11) is -3.17. The van der Waals surface area contributed by atoms with E-state index in [1.807, 2.05) is 11.8 Å². The molecule has 1 aromatic carbocycles. The Morgan fingerprint density at radius 2 is 2.11 bits per heavy atom. The first-order valence-electron chi connectivity index (χ1n) is 6.26. The molecule has 1 aliphatic heterocycles. The SMILES string of the molecule is CS(=O)(=O)c1ccc(C(O)CNC2CCSC2)cc1. The molecule has 0 aromatic heterocycles. The van der Waals surface area contributed by atoms with E-state index in [2.05, 4.69) is 5.32 Å². The van der Waals surface area contributed by atoms with E-state index in [1.165, 1.54) is 12.0 Å². The number of aliphatic hydroxyl groups is 1. The molecule has 1 heterocycles. The van der Waals surface area contributed by atoms with Gasteiger partial charge in [0.1, 0.15) is 0 Å². The third-order valence-corrected chi connectivity index (χ3v) is 5.51. The smallest absolute Gasteiger partial charge is 0.175 e. The highest BCUT2D eigenvalue weighted by Gasteiger charge is 2.17. The molecule has 0 saturated carbocycles. The van der Waals surface area contributed by atoms with Gasteiger partial charge in [0.05, 0.1) is 11.0 Å². The van der Waals surface area contributed by atoms with Crippen molar-refractivity contribution in [2.24, 2.45) is 0 Å². The Labute approximate surface area is 118 Å². The van der Waals surface area contributed by atoms with Crippen LogP contribution >= 0.6 is 11.8 Å². The van der Waals surface area contributed by atoms with Crippen LogP contribution in [0, 0.1) is 0 Å². The van der Waals surface area contributed by atoms with Gasteiger partial charge in [0, 0.05) is 24.6 Å². The quantitative estimate of drug-likeness (QED) is 0.856. The highest BCUT2D eigenvalue weighted by atomic mass is 32.2. The fraction of sp³-hybridized carbons (Fsp3) is 0.538. The molecule has 4 nitrogen and oxygen atoms in total. The van der Waals surface area contributed by atoms with Crippen molar-refractivity contribution < 1.29 is 13.5 Å². The zero-order valence-corrected chi connectivity index (χ0v) is 12.5. The number of aliphatic hydroxyl groups excluding tert-OH is 1. The minimum absolute atomic E-state index is 0.281. The number of thioether (sulfide) groups is 1. The van der Waals surface area contributed by atoms with E-state index in [4.69, 9.17) is 0 Å². The van der Waals surface area contributed by atoms with E-state index in [9.17, 15) is 13.5 Å². The molecule has 106 valence electrons. The first-order valence-corrected chi connectivity index (χ1v) is 9.30. The Hall–Kier alpha value is -0.560. The van der Waals surface area contributed by atoms with Crippen LogP contribution in [0.1, 0.15) is 18.1 Å².